The van der Waals surface area contributed by atoms with Crippen molar-refractivity contribution >= 4 is 23.5 Å². The van der Waals surface area contributed by atoms with Crippen LogP contribution in [0.5, 0.6) is 0 Å². The number of halogens is 1. The number of hydrogen-bond donors (Lipinski definition) is 4. The van der Waals surface area contributed by atoms with Crippen LogP contribution in [0, 0.1) is 0 Å². The summed E-state index contributed by atoms with van der Waals surface area (Å²) in [6.45, 7) is 2.08. The summed E-state index contributed by atoms with van der Waals surface area (Å²) >= 11 is 6.57. The van der Waals surface area contributed by atoms with Gasteiger partial charge in [-0.05, 0) is 6.42 Å². The fraction of sp³-hybridized carbons (Fsp3) is 0.429. The monoisotopic (exact) mass is 310 g/mol. The van der Waals surface area contributed by atoms with E-state index in [1.807, 2.05) is 30.3 Å². The molecule has 0 aliphatic heterocycles. The van der Waals surface area contributed by atoms with Crippen molar-refractivity contribution in [2.45, 2.75) is 37.2 Å². The van der Waals surface area contributed by atoms with Gasteiger partial charge in [0.15, 0.2) is 17.6 Å². The van der Waals surface area contributed by atoms with Crippen LogP contribution in [0.25, 0.3) is 0 Å². The van der Waals surface area contributed by atoms with Gasteiger partial charge in [-0.15, -0.1) is 11.6 Å². The molecule has 0 spiro atoms. The highest BCUT2D eigenvalue weighted by Gasteiger charge is 2.39. The first-order valence-corrected chi connectivity index (χ1v) is 7.27. The SMILES string of the molecule is CCCCC(Cl)C(N=C(N)N)(N=C(N)N)c1ccccc1. The second-order valence-electron chi connectivity index (χ2n) is 4.78. The molecule has 0 aromatic heterocycles. The molecule has 1 unspecified atom stereocenters. The van der Waals surface area contributed by atoms with E-state index in [0.29, 0.717) is 6.42 Å². The fourth-order valence-electron chi connectivity index (χ4n) is 2.14. The third kappa shape index (κ3) is 4.53. The van der Waals surface area contributed by atoms with Gasteiger partial charge in [0.1, 0.15) is 0 Å². The Morgan fingerprint density at radius 2 is 1.62 bits per heavy atom. The van der Waals surface area contributed by atoms with Crippen molar-refractivity contribution in [2.24, 2.45) is 32.9 Å². The van der Waals surface area contributed by atoms with Crippen LogP contribution in [0.1, 0.15) is 31.7 Å². The summed E-state index contributed by atoms with van der Waals surface area (Å²) in [5.41, 5.74) is 21.8. The molecule has 0 saturated heterocycles. The molecule has 0 bridgehead atoms. The molecule has 116 valence electrons. The van der Waals surface area contributed by atoms with E-state index in [0.717, 1.165) is 18.4 Å². The molecule has 1 aromatic carbocycles. The van der Waals surface area contributed by atoms with Crippen LogP contribution in [0.4, 0.5) is 0 Å². The minimum atomic E-state index is -1.21. The Balaban J connectivity index is 3.42. The van der Waals surface area contributed by atoms with Crippen molar-refractivity contribution in [3.05, 3.63) is 35.9 Å². The van der Waals surface area contributed by atoms with Gasteiger partial charge >= 0.3 is 0 Å². The molecule has 0 saturated carbocycles. The maximum absolute atomic E-state index is 6.57. The summed E-state index contributed by atoms with van der Waals surface area (Å²) in [5, 5.41) is -0.468. The average Bonchev–Trinajstić information content (AvgIpc) is 2.43. The summed E-state index contributed by atoms with van der Waals surface area (Å²) < 4.78 is 0. The van der Waals surface area contributed by atoms with Crippen LogP contribution in [0.15, 0.2) is 40.3 Å². The standard InChI is InChI=1S/C14H23ClN6/c1-2-3-9-11(15)14(20-12(16)17,21-13(18)19)10-7-5-4-6-8-10/h4-8,11H,2-3,9H2,1H3,(H4,16,17,20)(H4,18,19,21). The van der Waals surface area contributed by atoms with E-state index in [4.69, 9.17) is 34.5 Å². The van der Waals surface area contributed by atoms with E-state index in [1.54, 1.807) is 0 Å². The second kappa shape index (κ2) is 7.73. The van der Waals surface area contributed by atoms with Gasteiger partial charge < -0.3 is 22.9 Å². The van der Waals surface area contributed by atoms with Crippen LogP contribution >= 0.6 is 11.6 Å². The number of guanidine groups is 2. The smallest absolute Gasteiger partial charge is 0.199 e. The van der Waals surface area contributed by atoms with E-state index in [-0.39, 0.29) is 11.9 Å². The molecular formula is C14H23ClN6. The van der Waals surface area contributed by atoms with Gasteiger partial charge in [-0.3, -0.25) is 0 Å². The molecule has 6 nitrogen and oxygen atoms in total. The zero-order valence-electron chi connectivity index (χ0n) is 12.2. The zero-order valence-corrected chi connectivity index (χ0v) is 12.9. The van der Waals surface area contributed by atoms with Crippen molar-refractivity contribution < 1.29 is 0 Å². The lowest BCUT2D eigenvalue weighted by molar-refractivity contribution is 0.417. The fourth-order valence-corrected chi connectivity index (χ4v) is 2.51. The van der Waals surface area contributed by atoms with Crippen LogP contribution in [0.3, 0.4) is 0 Å². The number of unbranched alkanes of at least 4 members (excludes halogenated alkanes) is 1. The summed E-state index contributed by atoms with van der Waals surface area (Å²) in [6.07, 6.45) is 2.60. The second-order valence-corrected chi connectivity index (χ2v) is 5.30. The Morgan fingerprint density at radius 3 is 2.05 bits per heavy atom. The quantitative estimate of drug-likeness (QED) is 0.342. The minimum Gasteiger partial charge on any atom is -0.370 e. The third-order valence-electron chi connectivity index (χ3n) is 3.05. The number of aliphatic imine (C=N–C) groups is 2. The number of alkyl halides is 1. The largest absolute Gasteiger partial charge is 0.370 e. The summed E-state index contributed by atoms with van der Waals surface area (Å²) in [5.74, 6) is -0.239. The first-order valence-electron chi connectivity index (χ1n) is 6.83. The third-order valence-corrected chi connectivity index (χ3v) is 3.57. The Kier molecular flexibility index (Phi) is 6.30. The molecule has 1 rings (SSSR count). The maximum atomic E-state index is 6.57. The van der Waals surface area contributed by atoms with Crippen molar-refractivity contribution in [2.75, 3.05) is 0 Å². The van der Waals surface area contributed by atoms with Gasteiger partial charge in [0.05, 0.1) is 5.38 Å². The Hall–Kier alpha value is -1.95. The van der Waals surface area contributed by atoms with Gasteiger partial charge in [-0.25, -0.2) is 9.98 Å². The Morgan fingerprint density at radius 1 is 1.10 bits per heavy atom. The zero-order chi connectivity index (χ0) is 15.9. The molecule has 21 heavy (non-hydrogen) atoms. The molecule has 1 atom stereocenters. The van der Waals surface area contributed by atoms with E-state index in [9.17, 15) is 0 Å². The van der Waals surface area contributed by atoms with E-state index in [2.05, 4.69) is 16.9 Å². The van der Waals surface area contributed by atoms with Crippen molar-refractivity contribution in [3.63, 3.8) is 0 Å². The van der Waals surface area contributed by atoms with Gasteiger partial charge in [0, 0.05) is 5.56 Å². The van der Waals surface area contributed by atoms with Crippen molar-refractivity contribution in [3.8, 4) is 0 Å². The number of rotatable bonds is 7. The van der Waals surface area contributed by atoms with Crippen LogP contribution in [0.2, 0.25) is 0 Å². The molecule has 0 amide bonds. The molecule has 0 fully saturated rings. The van der Waals surface area contributed by atoms with E-state index >= 15 is 0 Å². The van der Waals surface area contributed by atoms with Crippen LogP contribution in [-0.2, 0) is 5.66 Å². The lowest BCUT2D eigenvalue weighted by Gasteiger charge is -2.31. The normalized spacial score (nSPS) is 12.5. The number of nitrogens with zero attached hydrogens (tertiary/aromatic N) is 2. The van der Waals surface area contributed by atoms with Crippen molar-refractivity contribution in [1.29, 1.82) is 0 Å². The Bertz CT molecular complexity index is 473. The lowest BCUT2D eigenvalue weighted by Crippen LogP contribution is -2.40. The predicted molar refractivity (Wildman–Crippen MR) is 88.9 cm³/mol. The molecular weight excluding hydrogens is 288 g/mol. The Labute approximate surface area is 130 Å². The van der Waals surface area contributed by atoms with Crippen LogP contribution in [-0.4, -0.2) is 17.3 Å². The van der Waals surface area contributed by atoms with Crippen LogP contribution < -0.4 is 22.9 Å². The molecule has 0 aliphatic rings. The molecule has 0 heterocycles. The average molecular weight is 311 g/mol. The van der Waals surface area contributed by atoms with Gasteiger partial charge in [-0.2, -0.15) is 0 Å². The predicted octanol–water partition coefficient (Wildman–Crippen LogP) is 1.18. The first kappa shape index (κ1) is 17.1. The minimum absolute atomic E-state index is 0.119. The summed E-state index contributed by atoms with van der Waals surface area (Å²) in [6, 6.07) is 9.30. The topological polar surface area (TPSA) is 129 Å². The highest BCUT2D eigenvalue weighted by Crippen LogP contribution is 2.37. The highest BCUT2D eigenvalue weighted by atomic mass is 35.5. The molecule has 0 radical (unpaired) electrons. The van der Waals surface area contributed by atoms with E-state index < -0.39 is 11.0 Å². The molecule has 1 aromatic rings. The number of nitrogens with two attached hydrogens (primary N) is 4. The molecule has 7 heteroatoms. The van der Waals surface area contributed by atoms with Gasteiger partial charge in [-0.1, -0.05) is 50.1 Å². The maximum Gasteiger partial charge on any atom is 0.199 e. The summed E-state index contributed by atoms with van der Waals surface area (Å²) in [7, 11) is 0. The summed E-state index contributed by atoms with van der Waals surface area (Å²) in [4.78, 5) is 8.53. The molecule has 0 aliphatic carbocycles. The van der Waals surface area contributed by atoms with Gasteiger partial charge in [0.2, 0.25) is 0 Å². The molecule has 8 N–H and O–H groups in total. The van der Waals surface area contributed by atoms with Gasteiger partial charge in [0.25, 0.3) is 0 Å². The number of benzene rings is 1. The van der Waals surface area contributed by atoms with E-state index in [1.165, 1.54) is 0 Å². The van der Waals surface area contributed by atoms with Crippen molar-refractivity contribution in [1.82, 2.24) is 0 Å². The highest BCUT2D eigenvalue weighted by molar-refractivity contribution is 6.21. The first-order chi connectivity index (χ1) is 9.92. The lowest BCUT2D eigenvalue weighted by atomic mass is 9.93. The number of hydrogen-bond acceptors (Lipinski definition) is 2.